The molecule has 1 aromatic carbocycles. The van der Waals surface area contributed by atoms with Crippen LogP contribution in [0.2, 0.25) is 0 Å². The van der Waals surface area contributed by atoms with Crippen molar-refractivity contribution in [2.45, 2.75) is 20.0 Å². The predicted octanol–water partition coefficient (Wildman–Crippen LogP) is 2.97. The molecule has 1 nitrogen and oxygen atoms in total. The minimum atomic E-state index is 0.738. The van der Waals surface area contributed by atoms with Crippen LogP contribution in [-0.2, 0) is 11.3 Å². The number of hydrogen-bond donors (Lipinski definition) is 0. The summed E-state index contributed by atoms with van der Waals surface area (Å²) in [5, 5.41) is 0. The number of ether oxygens (including phenoxy) is 1. The van der Waals surface area contributed by atoms with Gasteiger partial charge in [-0.1, -0.05) is 31.2 Å². The number of allylic oxidation sites excluding steroid dienone is 1. The second kappa shape index (κ2) is 3.02. The van der Waals surface area contributed by atoms with Gasteiger partial charge in [-0.25, -0.2) is 0 Å². The number of hydrogen-bond acceptors (Lipinski definition) is 1. The van der Waals surface area contributed by atoms with Gasteiger partial charge in [-0.05, 0) is 12.5 Å². The van der Waals surface area contributed by atoms with Gasteiger partial charge >= 0.3 is 0 Å². The molecular formula is C11H12O. The molecule has 0 N–H and O–H groups in total. The smallest absolute Gasteiger partial charge is 0.123 e. The zero-order valence-corrected chi connectivity index (χ0v) is 7.21. The van der Waals surface area contributed by atoms with Crippen molar-refractivity contribution < 1.29 is 4.74 Å². The fourth-order valence-electron chi connectivity index (χ4n) is 1.47. The molecule has 0 aromatic heterocycles. The van der Waals surface area contributed by atoms with Crippen LogP contribution in [0.1, 0.15) is 24.5 Å². The topological polar surface area (TPSA) is 9.23 Å². The maximum absolute atomic E-state index is 5.52. The molecular weight excluding hydrogens is 148 g/mol. The second-order valence-electron chi connectivity index (χ2n) is 2.92. The van der Waals surface area contributed by atoms with Crippen LogP contribution in [0, 0.1) is 0 Å². The van der Waals surface area contributed by atoms with Crippen molar-refractivity contribution in [1.29, 1.82) is 0 Å². The van der Waals surface area contributed by atoms with E-state index in [4.69, 9.17) is 4.74 Å². The third kappa shape index (κ3) is 1.11. The van der Waals surface area contributed by atoms with Gasteiger partial charge in [0, 0.05) is 11.1 Å². The first kappa shape index (κ1) is 7.41. The Bertz CT molecular complexity index is 313. The predicted molar refractivity (Wildman–Crippen MR) is 49.5 cm³/mol. The molecule has 0 amide bonds. The third-order valence-corrected chi connectivity index (χ3v) is 2.06. The van der Waals surface area contributed by atoms with Crippen molar-refractivity contribution in [1.82, 2.24) is 0 Å². The molecule has 0 saturated carbocycles. The first-order chi connectivity index (χ1) is 5.92. The molecule has 0 unspecified atom stereocenters. The maximum Gasteiger partial charge on any atom is 0.123 e. The van der Waals surface area contributed by atoms with Crippen LogP contribution < -0.4 is 0 Å². The van der Waals surface area contributed by atoms with Crippen molar-refractivity contribution in [3.05, 3.63) is 41.5 Å². The normalized spacial score (nSPS) is 17.6. The summed E-state index contributed by atoms with van der Waals surface area (Å²) in [4.78, 5) is 0. The monoisotopic (exact) mass is 160 g/mol. The van der Waals surface area contributed by atoms with Gasteiger partial charge in [0.2, 0.25) is 0 Å². The van der Waals surface area contributed by atoms with Gasteiger partial charge in [-0.15, -0.1) is 0 Å². The average molecular weight is 160 g/mol. The Hall–Kier alpha value is -1.24. The Labute approximate surface area is 72.7 Å². The van der Waals surface area contributed by atoms with Crippen LogP contribution in [0.4, 0.5) is 0 Å². The van der Waals surface area contributed by atoms with Crippen LogP contribution in [0.15, 0.2) is 30.3 Å². The highest BCUT2D eigenvalue weighted by Gasteiger charge is 2.15. The SMILES string of the molecule is CC/C=C1\OCc2ccccc21. The summed E-state index contributed by atoms with van der Waals surface area (Å²) >= 11 is 0. The summed E-state index contributed by atoms with van der Waals surface area (Å²) in [5.74, 6) is 1.05. The highest BCUT2D eigenvalue weighted by molar-refractivity contribution is 5.65. The molecule has 0 bridgehead atoms. The van der Waals surface area contributed by atoms with Gasteiger partial charge in [0.05, 0.1) is 0 Å². The lowest BCUT2D eigenvalue weighted by atomic mass is 10.1. The molecule has 2 rings (SSSR count). The van der Waals surface area contributed by atoms with E-state index in [0.29, 0.717) is 0 Å². The highest BCUT2D eigenvalue weighted by atomic mass is 16.5. The molecule has 1 aliphatic rings. The fourth-order valence-corrected chi connectivity index (χ4v) is 1.47. The zero-order valence-electron chi connectivity index (χ0n) is 7.21. The Balaban J connectivity index is 2.43. The van der Waals surface area contributed by atoms with E-state index < -0.39 is 0 Å². The highest BCUT2D eigenvalue weighted by Crippen LogP contribution is 2.29. The van der Waals surface area contributed by atoms with Crippen LogP contribution in [0.5, 0.6) is 0 Å². The minimum absolute atomic E-state index is 0.738. The molecule has 1 heteroatoms. The van der Waals surface area contributed by atoms with E-state index in [1.54, 1.807) is 0 Å². The molecule has 62 valence electrons. The molecule has 0 radical (unpaired) electrons. The van der Waals surface area contributed by atoms with E-state index in [1.807, 2.05) is 0 Å². The third-order valence-electron chi connectivity index (χ3n) is 2.06. The van der Waals surface area contributed by atoms with E-state index in [-0.39, 0.29) is 0 Å². The van der Waals surface area contributed by atoms with Crippen LogP contribution in [-0.4, -0.2) is 0 Å². The Kier molecular flexibility index (Phi) is 1.86. The van der Waals surface area contributed by atoms with Crippen LogP contribution >= 0.6 is 0 Å². The van der Waals surface area contributed by atoms with E-state index in [9.17, 15) is 0 Å². The molecule has 0 fully saturated rings. The van der Waals surface area contributed by atoms with E-state index in [0.717, 1.165) is 18.8 Å². The summed E-state index contributed by atoms with van der Waals surface area (Å²) in [5.41, 5.74) is 2.57. The van der Waals surface area contributed by atoms with E-state index in [2.05, 4.69) is 37.3 Å². The van der Waals surface area contributed by atoms with Crippen molar-refractivity contribution >= 4 is 5.76 Å². The largest absolute Gasteiger partial charge is 0.489 e. The summed E-state index contributed by atoms with van der Waals surface area (Å²) in [7, 11) is 0. The zero-order chi connectivity index (χ0) is 8.39. The van der Waals surface area contributed by atoms with E-state index in [1.165, 1.54) is 11.1 Å². The summed E-state index contributed by atoms with van der Waals surface area (Å²) < 4.78 is 5.52. The fraction of sp³-hybridized carbons (Fsp3) is 0.273. The number of rotatable bonds is 1. The summed E-state index contributed by atoms with van der Waals surface area (Å²) in [6, 6.07) is 8.34. The maximum atomic E-state index is 5.52. The molecule has 0 spiro atoms. The van der Waals surface area contributed by atoms with Crippen LogP contribution in [0.25, 0.3) is 5.76 Å². The standard InChI is InChI=1S/C11H12O/c1-2-5-11-10-7-4-3-6-9(10)8-12-11/h3-7H,2,8H2,1H3/b11-5-. The minimum Gasteiger partial charge on any atom is -0.489 e. The molecule has 1 aromatic rings. The molecule has 0 saturated heterocycles. The van der Waals surface area contributed by atoms with Crippen molar-refractivity contribution in [2.75, 3.05) is 0 Å². The van der Waals surface area contributed by atoms with Crippen molar-refractivity contribution in [3.63, 3.8) is 0 Å². The van der Waals surface area contributed by atoms with Gasteiger partial charge in [0.25, 0.3) is 0 Å². The molecule has 1 heterocycles. The Morgan fingerprint density at radius 2 is 2.25 bits per heavy atom. The van der Waals surface area contributed by atoms with Crippen molar-refractivity contribution in [2.24, 2.45) is 0 Å². The Morgan fingerprint density at radius 1 is 1.42 bits per heavy atom. The van der Waals surface area contributed by atoms with Gasteiger partial charge < -0.3 is 4.74 Å². The molecule has 12 heavy (non-hydrogen) atoms. The average Bonchev–Trinajstić information content (AvgIpc) is 2.50. The quantitative estimate of drug-likeness (QED) is 0.613. The van der Waals surface area contributed by atoms with E-state index >= 15 is 0 Å². The first-order valence-corrected chi connectivity index (χ1v) is 4.33. The van der Waals surface area contributed by atoms with Gasteiger partial charge in [0.15, 0.2) is 0 Å². The van der Waals surface area contributed by atoms with Gasteiger partial charge in [0.1, 0.15) is 12.4 Å². The van der Waals surface area contributed by atoms with Crippen LogP contribution in [0.3, 0.4) is 0 Å². The van der Waals surface area contributed by atoms with Gasteiger partial charge in [-0.2, -0.15) is 0 Å². The first-order valence-electron chi connectivity index (χ1n) is 4.33. The summed E-state index contributed by atoms with van der Waals surface area (Å²) in [6.07, 6.45) is 3.16. The Morgan fingerprint density at radius 3 is 3.08 bits per heavy atom. The summed E-state index contributed by atoms with van der Waals surface area (Å²) in [6.45, 7) is 2.86. The lowest BCUT2D eigenvalue weighted by Gasteiger charge is -1.97. The van der Waals surface area contributed by atoms with Crippen molar-refractivity contribution in [3.8, 4) is 0 Å². The molecule has 0 atom stereocenters. The number of fused-ring (bicyclic) bond motifs is 1. The molecule has 0 aliphatic carbocycles. The number of benzene rings is 1. The molecule has 1 aliphatic heterocycles. The van der Waals surface area contributed by atoms with Gasteiger partial charge in [-0.3, -0.25) is 0 Å². The second-order valence-corrected chi connectivity index (χ2v) is 2.92. The lowest BCUT2D eigenvalue weighted by molar-refractivity contribution is 0.284. The lowest BCUT2D eigenvalue weighted by Crippen LogP contribution is -1.78.